The van der Waals surface area contributed by atoms with E-state index in [0.717, 1.165) is 27.7 Å². The minimum atomic E-state index is -3.58. The smallest absolute Gasteiger partial charge is 0.227 e. The molecule has 2 N–H and O–H groups in total. The lowest BCUT2D eigenvalue weighted by atomic mass is 9.69. The summed E-state index contributed by atoms with van der Waals surface area (Å²) in [5.74, 6) is 0.738. The predicted molar refractivity (Wildman–Crippen MR) is 132 cm³/mol. The molecule has 0 aliphatic carbocycles. The Kier molecular flexibility index (Phi) is 6.06. The van der Waals surface area contributed by atoms with Crippen LogP contribution in [0, 0.1) is 0 Å². The van der Waals surface area contributed by atoms with E-state index in [-0.39, 0.29) is 19.1 Å². The number of nitrogens with one attached hydrogen (secondary N) is 1. The molecular weight excluding hydrogens is 468 g/mol. The van der Waals surface area contributed by atoms with Crippen molar-refractivity contribution >= 4 is 26.8 Å². The fourth-order valence-corrected chi connectivity index (χ4v) is 6.81. The van der Waals surface area contributed by atoms with E-state index in [1.807, 2.05) is 35.2 Å². The second kappa shape index (κ2) is 8.92. The number of hydrogen-bond donors (Lipinski definition) is 2. The average molecular weight is 499 g/mol. The van der Waals surface area contributed by atoms with Crippen LogP contribution >= 0.6 is 0 Å². The number of aliphatic hydroxyl groups is 1. The molecule has 1 amide bonds. The molecule has 0 radical (unpaired) electrons. The molecule has 2 aromatic heterocycles. The molecule has 1 atom stereocenters. The molecule has 186 valence electrons. The molecule has 0 unspecified atom stereocenters. The molecule has 1 fully saturated rings. The molecule has 1 saturated heterocycles. The Labute approximate surface area is 204 Å². The summed E-state index contributed by atoms with van der Waals surface area (Å²) >= 11 is 0. The summed E-state index contributed by atoms with van der Waals surface area (Å²) < 4.78 is 32.4. The maximum atomic E-state index is 13.0. The number of carbonyl (C=O) groups excluding carboxylic acids is 1. The zero-order chi connectivity index (χ0) is 24.8. The van der Waals surface area contributed by atoms with Gasteiger partial charge in [-0.1, -0.05) is 6.07 Å². The van der Waals surface area contributed by atoms with Crippen molar-refractivity contribution in [1.82, 2.24) is 19.2 Å². The van der Waals surface area contributed by atoms with Crippen LogP contribution < -0.4 is 4.74 Å². The van der Waals surface area contributed by atoms with Gasteiger partial charge in [-0.3, -0.25) is 9.78 Å². The van der Waals surface area contributed by atoms with Crippen LogP contribution in [0.5, 0.6) is 5.75 Å². The molecule has 1 spiro atoms. The summed E-state index contributed by atoms with van der Waals surface area (Å²) in [5, 5.41) is 11.2. The van der Waals surface area contributed by atoms with Crippen molar-refractivity contribution in [3.63, 3.8) is 0 Å². The lowest BCUT2D eigenvalue weighted by molar-refractivity contribution is -0.132. The van der Waals surface area contributed by atoms with E-state index in [9.17, 15) is 18.3 Å². The van der Waals surface area contributed by atoms with Gasteiger partial charge in [-0.25, -0.2) is 8.42 Å². The van der Waals surface area contributed by atoms with E-state index in [4.69, 9.17) is 4.74 Å². The number of carbonyl (C=O) groups is 1. The van der Waals surface area contributed by atoms with Crippen molar-refractivity contribution in [3.8, 4) is 5.75 Å². The number of nitrogens with zero attached hydrogens (tertiary/aromatic N) is 3. The third-order valence-electron chi connectivity index (χ3n) is 7.45. The maximum Gasteiger partial charge on any atom is 0.227 e. The van der Waals surface area contributed by atoms with Gasteiger partial charge in [0.25, 0.3) is 0 Å². The number of aromatic amines is 1. The Morgan fingerprint density at radius 3 is 2.69 bits per heavy atom. The summed E-state index contributed by atoms with van der Waals surface area (Å²) in [5.41, 5.74) is 3.02. The predicted octanol–water partition coefficient (Wildman–Crippen LogP) is 1.98. The molecule has 10 heteroatoms. The molecule has 2 aliphatic rings. The molecular formula is C25H30N4O5S. The third-order valence-corrected chi connectivity index (χ3v) is 8.69. The van der Waals surface area contributed by atoms with Gasteiger partial charge < -0.3 is 19.7 Å². The monoisotopic (exact) mass is 498 g/mol. The average Bonchev–Trinajstić information content (AvgIpc) is 3.24. The minimum Gasteiger partial charge on any atom is -0.497 e. The van der Waals surface area contributed by atoms with Gasteiger partial charge in [0.1, 0.15) is 5.75 Å². The maximum absolute atomic E-state index is 13.0. The summed E-state index contributed by atoms with van der Waals surface area (Å²) in [4.78, 5) is 22.3. The normalized spacial score (nSPS) is 20.2. The number of likely N-dealkylation sites (tertiary alicyclic amines) is 1. The lowest BCUT2D eigenvalue weighted by Crippen LogP contribution is -2.55. The number of sulfonamides is 1. The van der Waals surface area contributed by atoms with Gasteiger partial charge in [-0.15, -0.1) is 0 Å². The molecule has 2 aliphatic heterocycles. The van der Waals surface area contributed by atoms with Gasteiger partial charge in [0, 0.05) is 60.1 Å². The Morgan fingerprint density at radius 2 is 2.06 bits per heavy atom. The number of amides is 1. The van der Waals surface area contributed by atoms with Gasteiger partial charge in [-0.05, 0) is 42.2 Å². The quantitative estimate of drug-likeness (QED) is 0.556. The zero-order valence-corrected chi connectivity index (χ0v) is 20.7. The fourth-order valence-electron chi connectivity index (χ4n) is 5.69. The van der Waals surface area contributed by atoms with E-state index >= 15 is 0 Å². The first kappa shape index (κ1) is 23.8. The largest absolute Gasteiger partial charge is 0.497 e. The van der Waals surface area contributed by atoms with Crippen molar-refractivity contribution in [2.24, 2.45) is 0 Å². The third kappa shape index (κ3) is 4.19. The first-order valence-electron chi connectivity index (χ1n) is 11.7. The topological polar surface area (TPSA) is 116 Å². The number of hydrogen-bond acceptors (Lipinski definition) is 6. The van der Waals surface area contributed by atoms with Crippen LogP contribution in [0.25, 0.3) is 10.9 Å². The van der Waals surface area contributed by atoms with E-state index in [2.05, 4.69) is 9.97 Å². The number of fused-ring (bicyclic) bond motifs is 4. The Bertz CT molecular complexity index is 1350. The summed E-state index contributed by atoms with van der Waals surface area (Å²) in [6.45, 7) is 1.01. The van der Waals surface area contributed by atoms with Gasteiger partial charge >= 0.3 is 0 Å². The standard InChI is InChI=1S/C25H30N4O5S/c1-34-18-5-6-19-20(13-18)27-24-21(15-30)29(35(2,32)33)16-25(23(19)24)7-10-28(11-8-25)22(31)12-17-4-3-9-26-14-17/h3-6,9,13-14,21,27,30H,7-8,10-12,15-16H2,1-2H3/t21-/m0/s1. The minimum absolute atomic E-state index is 0.0424. The number of aliphatic hydroxyl groups excluding tert-OH is 1. The molecule has 9 nitrogen and oxygen atoms in total. The molecule has 5 rings (SSSR count). The SMILES string of the molecule is COc1ccc2c3c([nH]c2c1)[C@H](CO)N(S(C)(=O)=O)CC31CCN(C(=O)Cc2cccnc2)CC1. The number of H-pyrrole nitrogens is 1. The van der Waals surface area contributed by atoms with E-state index < -0.39 is 21.5 Å². The zero-order valence-electron chi connectivity index (χ0n) is 19.9. The van der Waals surface area contributed by atoms with Crippen molar-refractivity contribution in [1.29, 1.82) is 0 Å². The number of piperidine rings is 1. The summed E-state index contributed by atoms with van der Waals surface area (Å²) in [6, 6.07) is 8.81. The van der Waals surface area contributed by atoms with Crippen LogP contribution in [0.15, 0.2) is 42.7 Å². The van der Waals surface area contributed by atoms with Crippen molar-refractivity contribution < 1.29 is 23.1 Å². The number of benzene rings is 1. The van der Waals surface area contributed by atoms with Crippen LogP contribution in [0.1, 0.15) is 35.7 Å². The molecule has 0 saturated carbocycles. The van der Waals surface area contributed by atoms with Crippen LogP contribution in [0.3, 0.4) is 0 Å². The van der Waals surface area contributed by atoms with Gasteiger partial charge in [0.2, 0.25) is 15.9 Å². The molecule has 1 aromatic carbocycles. The highest BCUT2D eigenvalue weighted by molar-refractivity contribution is 7.88. The van der Waals surface area contributed by atoms with Crippen molar-refractivity contribution in [2.45, 2.75) is 30.7 Å². The van der Waals surface area contributed by atoms with Gasteiger partial charge in [-0.2, -0.15) is 4.31 Å². The van der Waals surface area contributed by atoms with E-state index in [1.165, 1.54) is 10.6 Å². The Morgan fingerprint density at radius 1 is 1.29 bits per heavy atom. The van der Waals surface area contributed by atoms with Crippen LogP contribution in [0.2, 0.25) is 0 Å². The second-order valence-corrected chi connectivity index (χ2v) is 11.5. The highest BCUT2D eigenvalue weighted by Crippen LogP contribution is 2.49. The summed E-state index contributed by atoms with van der Waals surface area (Å²) in [6.07, 6.45) is 6.12. The van der Waals surface area contributed by atoms with Gasteiger partial charge in [0.05, 0.1) is 32.4 Å². The lowest BCUT2D eigenvalue weighted by Gasteiger charge is -2.49. The van der Waals surface area contributed by atoms with Crippen molar-refractivity contribution in [3.05, 3.63) is 59.5 Å². The number of ether oxygens (including phenoxy) is 1. The van der Waals surface area contributed by atoms with Gasteiger partial charge in [0.15, 0.2) is 0 Å². The Hall–Kier alpha value is -2.95. The first-order chi connectivity index (χ1) is 16.8. The molecule has 35 heavy (non-hydrogen) atoms. The molecule has 4 heterocycles. The van der Waals surface area contributed by atoms with E-state index in [1.54, 1.807) is 19.5 Å². The highest BCUT2D eigenvalue weighted by atomic mass is 32.2. The number of methoxy groups -OCH3 is 1. The molecule has 3 aromatic rings. The van der Waals surface area contributed by atoms with Crippen LogP contribution in [-0.2, 0) is 26.7 Å². The number of aromatic nitrogens is 2. The van der Waals surface area contributed by atoms with Crippen LogP contribution in [-0.4, -0.2) is 78.2 Å². The molecule has 0 bridgehead atoms. The van der Waals surface area contributed by atoms with Crippen molar-refractivity contribution in [2.75, 3.05) is 39.6 Å². The number of pyridine rings is 1. The second-order valence-electron chi connectivity index (χ2n) is 9.53. The fraction of sp³-hybridized carbons (Fsp3) is 0.440. The number of rotatable bonds is 5. The highest BCUT2D eigenvalue weighted by Gasteiger charge is 2.50. The first-order valence-corrected chi connectivity index (χ1v) is 13.5. The van der Waals surface area contributed by atoms with E-state index in [0.29, 0.717) is 38.1 Å². The Balaban J connectivity index is 1.52. The summed E-state index contributed by atoms with van der Waals surface area (Å²) in [7, 11) is -1.98. The van der Waals surface area contributed by atoms with Crippen LogP contribution in [0.4, 0.5) is 0 Å².